The van der Waals surface area contributed by atoms with E-state index in [1.165, 1.54) is 36.4 Å². The first-order valence-corrected chi connectivity index (χ1v) is 8.58. The Bertz CT molecular complexity index is 1010. The molecule has 1 aliphatic heterocycles. The average Bonchev–Trinajstić information content (AvgIpc) is 3.00. The third-order valence-corrected chi connectivity index (χ3v) is 4.25. The molecule has 0 radical (unpaired) electrons. The number of carbonyl (C=O) groups excluding carboxylic acids is 1. The fourth-order valence-electron chi connectivity index (χ4n) is 2.86. The number of nitrogens with zero attached hydrogens (tertiary/aromatic N) is 3. The van der Waals surface area contributed by atoms with Gasteiger partial charge in [0.1, 0.15) is 0 Å². The predicted octanol–water partition coefficient (Wildman–Crippen LogP) is 3.75. The van der Waals surface area contributed by atoms with E-state index in [2.05, 4.69) is 5.10 Å². The zero-order valence-corrected chi connectivity index (χ0v) is 15.6. The van der Waals surface area contributed by atoms with Crippen LogP contribution in [0.25, 0.3) is 6.08 Å². The van der Waals surface area contributed by atoms with Crippen molar-refractivity contribution in [1.29, 1.82) is 0 Å². The largest absolute Gasteiger partial charge is 0.504 e. The molecule has 3 rings (SSSR count). The summed E-state index contributed by atoms with van der Waals surface area (Å²) in [6, 6.07) is 10.5. The number of anilines is 1. The van der Waals surface area contributed by atoms with E-state index >= 15 is 0 Å². The Morgan fingerprint density at radius 3 is 2.64 bits per heavy atom. The molecule has 1 heterocycles. The van der Waals surface area contributed by atoms with Gasteiger partial charge in [-0.1, -0.05) is 26.0 Å². The van der Waals surface area contributed by atoms with Crippen molar-refractivity contribution in [2.45, 2.75) is 13.8 Å². The summed E-state index contributed by atoms with van der Waals surface area (Å²) in [5.74, 6) is -0.133. The van der Waals surface area contributed by atoms with Crippen molar-refractivity contribution in [1.82, 2.24) is 0 Å². The van der Waals surface area contributed by atoms with Crippen molar-refractivity contribution in [2.24, 2.45) is 11.0 Å². The molecule has 8 nitrogen and oxygen atoms in total. The minimum atomic E-state index is -0.517. The van der Waals surface area contributed by atoms with E-state index in [1.807, 2.05) is 13.8 Å². The number of hydrazone groups is 1. The normalized spacial score (nSPS) is 15.3. The third kappa shape index (κ3) is 3.57. The monoisotopic (exact) mass is 381 g/mol. The highest BCUT2D eigenvalue weighted by Gasteiger charge is 2.33. The van der Waals surface area contributed by atoms with Gasteiger partial charge in [-0.05, 0) is 35.8 Å². The number of carbonyl (C=O) groups is 1. The smallest absolute Gasteiger partial charge is 0.280 e. The zero-order chi connectivity index (χ0) is 20.4. The minimum Gasteiger partial charge on any atom is -0.504 e. The molecule has 0 aliphatic carbocycles. The van der Waals surface area contributed by atoms with E-state index in [1.54, 1.807) is 24.3 Å². The van der Waals surface area contributed by atoms with Crippen molar-refractivity contribution in [3.8, 4) is 11.5 Å². The molecule has 1 N–H and O–H groups in total. The lowest BCUT2D eigenvalue weighted by Gasteiger charge is -2.11. The Hall–Kier alpha value is -3.68. The topological polar surface area (TPSA) is 105 Å². The second-order valence-electron chi connectivity index (χ2n) is 6.52. The zero-order valence-electron chi connectivity index (χ0n) is 15.6. The Kier molecular flexibility index (Phi) is 5.12. The van der Waals surface area contributed by atoms with Gasteiger partial charge in [-0.15, -0.1) is 0 Å². The number of hydrogen-bond donors (Lipinski definition) is 1. The molecule has 1 aliphatic rings. The van der Waals surface area contributed by atoms with Crippen LogP contribution in [0.1, 0.15) is 19.4 Å². The Labute approximate surface area is 161 Å². The van der Waals surface area contributed by atoms with Crippen LogP contribution in [0.4, 0.5) is 11.4 Å². The van der Waals surface area contributed by atoms with Crippen LogP contribution in [0.3, 0.4) is 0 Å². The van der Waals surface area contributed by atoms with Crippen LogP contribution >= 0.6 is 0 Å². The summed E-state index contributed by atoms with van der Waals surface area (Å²) in [6.07, 6.45) is 1.67. The molecule has 0 aromatic heterocycles. The van der Waals surface area contributed by atoms with Gasteiger partial charge in [0.25, 0.3) is 11.6 Å². The Morgan fingerprint density at radius 1 is 1.25 bits per heavy atom. The molecule has 2 aromatic rings. The summed E-state index contributed by atoms with van der Waals surface area (Å²) in [4.78, 5) is 23.5. The van der Waals surface area contributed by atoms with Crippen LogP contribution in [0.2, 0.25) is 0 Å². The maximum Gasteiger partial charge on any atom is 0.280 e. The van der Waals surface area contributed by atoms with Crippen LogP contribution in [0, 0.1) is 16.0 Å². The van der Waals surface area contributed by atoms with Gasteiger partial charge < -0.3 is 9.84 Å². The summed E-state index contributed by atoms with van der Waals surface area (Å²) in [7, 11) is 1.44. The van der Waals surface area contributed by atoms with Crippen LogP contribution in [-0.2, 0) is 4.79 Å². The highest BCUT2D eigenvalue weighted by molar-refractivity contribution is 6.33. The second-order valence-corrected chi connectivity index (χ2v) is 6.52. The number of hydrogen-bond acceptors (Lipinski definition) is 6. The number of non-ortho nitro benzene ring substituents is 1. The van der Waals surface area contributed by atoms with Gasteiger partial charge in [0.05, 0.1) is 29.0 Å². The van der Waals surface area contributed by atoms with Crippen LogP contribution in [0.5, 0.6) is 11.5 Å². The summed E-state index contributed by atoms with van der Waals surface area (Å²) in [5.41, 5.74) is 1.82. The molecular formula is C20H19N3O5. The highest BCUT2D eigenvalue weighted by atomic mass is 16.6. The molecule has 1 amide bonds. The van der Waals surface area contributed by atoms with Gasteiger partial charge in [0, 0.05) is 12.1 Å². The van der Waals surface area contributed by atoms with Crippen molar-refractivity contribution in [3.05, 3.63) is 63.7 Å². The summed E-state index contributed by atoms with van der Waals surface area (Å²) >= 11 is 0. The molecule has 0 atom stereocenters. The number of phenols is 1. The van der Waals surface area contributed by atoms with E-state index in [4.69, 9.17) is 4.74 Å². The average molecular weight is 381 g/mol. The molecule has 8 heteroatoms. The van der Waals surface area contributed by atoms with Crippen molar-refractivity contribution in [2.75, 3.05) is 12.1 Å². The number of aromatic hydroxyl groups is 1. The van der Waals surface area contributed by atoms with Crippen LogP contribution in [0.15, 0.2) is 53.1 Å². The van der Waals surface area contributed by atoms with Crippen molar-refractivity contribution < 1.29 is 19.6 Å². The van der Waals surface area contributed by atoms with Crippen LogP contribution in [-0.4, -0.2) is 28.8 Å². The number of nitro benzene ring substituents is 1. The minimum absolute atomic E-state index is 0.00151. The summed E-state index contributed by atoms with van der Waals surface area (Å²) in [5, 5.41) is 26.4. The molecule has 144 valence electrons. The summed E-state index contributed by atoms with van der Waals surface area (Å²) < 4.78 is 5.11. The number of nitro groups is 1. The predicted molar refractivity (Wildman–Crippen MR) is 105 cm³/mol. The van der Waals surface area contributed by atoms with Gasteiger partial charge in [-0.25, -0.2) is 0 Å². The second kappa shape index (κ2) is 7.51. The van der Waals surface area contributed by atoms with Gasteiger partial charge >= 0.3 is 0 Å². The maximum absolute atomic E-state index is 13.0. The van der Waals surface area contributed by atoms with Crippen LogP contribution < -0.4 is 9.75 Å². The molecular weight excluding hydrogens is 362 g/mol. The number of methoxy groups -OCH3 is 1. The third-order valence-electron chi connectivity index (χ3n) is 4.25. The lowest BCUT2D eigenvalue weighted by atomic mass is 9.98. The lowest BCUT2D eigenvalue weighted by molar-refractivity contribution is -0.384. The van der Waals surface area contributed by atoms with E-state index in [0.717, 1.165) is 0 Å². The molecule has 0 bridgehead atoms. The molecule has 0 fully saturated rings. The number of phenolic OH excluding ortho intramolecular Hbond substituents is 1. The first-order valence-electron chi connectivity index (χ1n) is 8.58. The first kappa shape index (κ1) is 19.1. The number of rotatable bonds is 5. The SMILES string of the molecule is COc1cc(/C=C2\C(=O)N(c3cccc([N+](=O)[O-])c3)N=C2C(C)C)ccc1O. The Balaban J connectivity index is 2.04. The van der Waals surface area contributed by atoms with Gasteiger partial charge in [-0.3, -0.25) is 14.9 Å². The number of amides is 1. The standard InChI is InChI=1S/C20H19N3O5/c1-12(2)19-16(9-13-7-8-17(24)18(10-13)28-3)20(25)22(21-19)14-5-4-6-15(11-14)23(26)27/h4-12,24H,1-3H3/b16-9-. The molecule has 0 unspecified atom stereocenters. The maximum atomic E-state index is 13.0. The van der Waals surface area contributed by atoms with Crippen molar-refractivity contribution >= 4 is 29.1 Å². The van der Waals surface area contributed by atoms with E-state index < -0.39 is 4.92 Å². The van der Waals surface area contributed by atoms with Gasteiger partial charge in [0.2, 0.25) is 0 Å². The first-order chi connectivity index (χ1) is 13.3. The quantitative estimate of drug-likeness (QED) is 0.482. The van der Waals surface area contributed by atoms with Gasteiger partial charge in [0.15, 0.2) is 11.5 Å². The number of ether oxygens (including phenoxy) is 1. The van der Waals surface area contributed by atoms with Gasteiger partial charge in [-0.2, -0.15) is 10.1 Å². The molecule has 0 saturated carbocycles. The molecule has 2 aromatic carbocycles. The number of benzene rings is 2. The molecule has 0 saturated heterocycles. The van der Waals surface area contributed by atoms with E-state index in [-0.39, 0.29) is 23.3 Å². The molecule has 0 spiro atoms. The molecule has 28 heavy (non-hydrogen) atoms. The summed E-state index contributed by atoms with van der Waals surface area (Å²) in [6.45, 7) is 3.82. The Morgan fingerprint density at radius 2 is 2.00 bits per heavy atom. The van der Waals surface area contributed by atoms with E-state index in [0.29, 0.717) is 28.3 Å². The highest BCUT2D eigenvalue weighted by Crippen LogP contribution is 2.31. The fourth-order valence-corrected chi connectivity index (χ4v) is 2.86. The van der Waals surface area contributed by atoms with E-state index in [9.17, 15) is 20.0 Å². The lowest BCUT2D eigenvalue weighted by Crippen LogP contribution is -2.21. The van der Waals surface area contributed by atoms with Crippen molar-refractivity contribution in [3.63, 3.8) is 0 Å². The fraction of sp³-hybridized carbons (Fsp3) is 0.200.